The van der Waals surface area contributed by atoms with Crippen LogP contribution < -0.4 is 4.74 Å². The quantitative estimate of drug-likeness (QED) is 0.157. The van der Waals surface area contributed by atoms with Crippen LogP contribution in [0.1, 0.15) is 19.4 Å². The second-order valence-electron chi connectivity index (χ2n) is 7.32. The summed E-state index contributed by atoms with van der Waals surface area (Å²) in [6, 6.07) is 34.9. The zero-order valence-corrected chi connectivity index (χ0v) is 22.6. The Balaban J connectivity index is 0.000000346. The molecular formula is C30H33OSiTi-. The van der Waals surface area contributed by atoms with Crippen molar-refractivity contribution in [2.75, 3.05) is 6.61 Å². The average Bonchev–Trinajstić information content (AvgIpc) is 3.33. The molecule has 0 unspecified atom stereocenters. The molecule has 0 amide bonds. The normalized spacial score (nSPS) is 10.8. The van der Waals surface area contributed by atoms with E-state index < -0.39 is 0 Å². The average molecular weight is 486 g/mol. The molecule has 1 nitrogen and oxygen atoms in total. The van der Waals surface area contributed by atoms with Crippen molar-refractivity contribution in [3.63, 3.8) is 0 Å². The maximum absolute atomic E-state index is 5.87. The van der Waals surface area contributed by atoms with Gasteiger partial charge in [-0.05, 0) is 37.1 Å². The van der Waals surface area contributed by atoms with E-state index in [9.17, 15) is 0 Å². The number of hydrogen-bond acceptors (Lipinski definition) is 1. The van der Waals surface area contributed by atoms with E-state index in [1.165, 1.54) is 27.5 Å². The van der Waals surface area contributed by atoms with Crippen molar-refractivity contribution in [3.05, 3.63) is 126 Å². The first-order chi connectivity index (χ1) is 15.7. The summed E-state index contributed by atoms with van der Waals surface area (Å²) in [5.41, 5.74) is 3.62. The van der Waals surface area contributed by atoms with Crippen LogP contribution >= 0.6 is 0 Å². The molecule has 0 saturated heterocycles. The van der Waals surface area contributed by atoms with E-state index in [2.05, 4.69) is 98.9 Å². The van der Waals surface area contributed by atoms with Gasteiger partial charge in [-0.25, -0.2) is 0 Å². The minimum Gasteiger partial charge on any atom is -0.489 e. The molecule has 0 aliphatic rings. The van der Waals surface area contributed by atoms with Crippen molar-refractivity contribution in [3.8, 4) is 5.75 Å². The van der Waals surface area contributed by atoms with Crippen molar-refractivity contribution >= 4 is 25.9 Å². The molecule has 0 aliphatic carbocycles. The number of para-hydroxylation sites is 1. The van der Waals surface area contributed by atoms with E-state index in [1.807, 2.05) is 43.3 Å². The largest absolute Gasteiger partial charge is 0.489 e. The van der Waals surface area contributed by atoms with Gasteiger partial charge in [-0.1, -0.05) is 85.4 Å². The first-order valence-electron chi connectivity index (χ1n) is 10.9. The van der Waals surface area contributed by atoms with Crippen LogP contribution in [-0.4, -0.2) is 16.1 Å². The van der Waals surface area contributed by atoms with E-state index in [4.69, 9.17) is 4.74 Å². The first-order valence-corrected chi connectivity index (χ1v) is 12.9. The van der Waals surface area contributed by atoms with Gasteiger partial charge in [0.2, 0.25) is 0 Å². The number of fused-ring (bicyclic) bond motifs is 1. The SMILES string of the molecule is CC=C(C)C=C(COc1ccccc1)c1ccccc1.C[Si]C.[Ti].c1ccc2[cH-]ccc2c1. The fraction of sp³-hybridized carbons (Fsp3) is 0.167. The van der Waals surface area contributed by atoms with Gasteiger partial charge in [0.15, 0.2) is 0 Å². The number of allylic oxidation sites excluding steroid dienone is 3. The van der Waals surface area contributed by atoms with Gasteiger partial charge in [-0.2, -0.15) is 17.5 Å². The summed E-state index contributed by atoms with van der Waals surface area (Å²) in [4.78, 5) is 0. The van der Waals surface area contributed by atoms with Crippen molar-refractivity contribution in [1.82, 2.24) is 0 Å². The third-order valence-corrected chi connectivity index (χ3v) is 4.69. The van der Waals surface area contributed by atoms with Gasteiger partial charge in [0, 0.05) is 31.2 Å². The Kier molecular flexibility index (Phi) is 14.7. The molecule has 0 atom stereocenters. The van der Waals surface area contributed by atoms with Crippen LogP contribution in [0.5, 0.6) is 5.75 Å². The smallest absolute Gasteiger partial charge is 0.119 e. The topological polar surface area (TPSA) is 9.23 Å². The summed E-state index contributed by atoms with van der Waals surface area (Å²) < 4.78 is 5.87. The zero-order chi connectivity index (χ0) is 23.0. The molecule has 0 bridgehead atoms. The molecule has 0 fully saturated rings. The molecule has 4 aromatic carbocycles. The first kappa shape index (κ1) is 28.5. The molecule has 0 aliphatic heterocycles. The van der Waals surface area contributed by atoms with Gasteiger partial charge >= 0.3 is 0 Å². The van der Waals surface area contributed by atoms with Gasteiger partial charge in [0.1, 0.15) is 12.4 Å². The van der Waals surface area contributed by atoms with Gasteiger partial charge < -0.3 is 4.74 Å². The molecule has 168 valence electrons. The summed E-state index contributed by atoms with van der Waals surface area (Å²) in [7, 11) is 1.08. The van der Waals surface area contributed by atoms with Crippen molar-refractivity contribution in [2.45, 2.75) is 26.9 Å². The van der Waals surface area contributed by atoms with Crippen LogP contribution in [0.2, 0.25) is 13.1 Å². The zero-order valence-electron chi connectivity index (χ0n) is 20.1. The predicted octanol–water partition coefficient (Wildman–Crippen LogP) is 8.46. The van der Waals surface area contributed by atoms with Crippen molar-refractivity contribution < 1.29 is 26.5 Å². The minimum absolute atomic E-state index is 0. The summed E-state index contributed by atoms with van der Waals surface area (Å²) in [5, 5.41) is 2.66. The molecule has 33 heavy (non-hydrogen) atoms. The molecule has 0 spiro atoms. The fourth-order valence-electron chi connectivity index (χ4n) is 2.97. The summed E-state index contributed by atoms with van der Waals surface area (Å²) >= 11 is 0. The molecular weight excluding hydrogens is 452 g/mol. The van der Waals surface area contributed by atoms with Crippen LogP contribution in [0.4, 0.5) is 0 Å². The van der Waals surface area contributed by atoms with Crippen LogP contribution in [0, 0.1) is 0 Å². The third-order valence-electron chi connectivity index (χ3n) is 4.69. The van der Waals surface area contributed by atoms with Crippen LogP contribution in [0.25, 0.3) is 16.3 Å². The van der Waals surface area contributed by atoms with Crippen LogP contribution in [0.3, 0.4) is 0 Å². The Labute approximate surface area is 217 Å². The summed E-state index contributed by atoms with van der Waals surface area (Å²) in [6.07, 6.45) is 4.28. The van der Waals surface area contributed by atoms with Crippen molar-refractivity contribution in [1.29, 1.82) is 0 Å². The van der Waals surface area contributed by atoms with Gasteiger partial charge in [-0.15, -0.1) is 29.7 Å². The standard InChI is InChI=1S/C19H20O.C9H7.C2H6Si.Ti/c1-3-16(2)14-18(17-10-6-4-7-11-17)15-20-19-12-8-5-9-13-19;1-2-5-9-7-3-6-8(9)4-1;1-3-2;/h3-14H,15H2,1-2H3;1-7H;1-2H3;/q;-1;;. The predicted molar refractivity (Wildman–Crippen MR) is 143 cm³/mol. The number of rotatable bonds is 5. The second kappa shape index (κ2) is 17.0. The third kappa shape index (κ3) is 10.8. The molecule has 0 heterocycles. The van der Waals surface area contributed by atoms with Gasteiger partial charge in [0.05, 0.1) is 0 Å². The van der Waals surface area contributed by atoms with E-state index in [0.717, 1.165) is 15.3 Å². The molecule has 0 aromatic heterocycles. The van der Waals surface area contributed by atoms with Gasteiger partial charge in [-0.3, -0.25) is 0 Å². The maximum atomic E-state index is 5.87. The molecule has 0 saturated carbocycles. The van der Waals surface area contributed by atoms with E-state index >= 15 is 0 Å². The number of ether oxygens (including phenoxy) is 1. The Bertz CT molecular complexity index is 1050. The summed E-state index contributed by atoms with van der Waals surface area (Å²) in [5.74, 6) is 0.896. The van der Waals surface area contributed by atoms with Gasteiger partial charge in [0.25, 0.3) is 0 Å². The van der Waals surface area contributed by atoms with Crippen LogP contribution in [0.15, 0.2) is 121 Å². The molecule has 0 N–H and O–H groups in total. The monoisotopic (exact) mass is 485 g/mol. The Morgan fingerprint density at radius 1 is 0.848 bits per heavy atom. The fourth-order valence-corrected chi connectivity index (χ4v) is 2.97. The van der Waals surface area contributed by atoms with E-state index in [1.54, 1.807) is 0 Å². The molecule has 4 rings (SSSR count). The Hall–Kier alpha value is -2.52. The Morgan fingerprint density at radius 3 is 2.03 bits per heavy atom. The van der Waals surface area contributed by atoms with E-state index in [-0.39, 0.29) is 21.7 Å². The minimum atomic E-state index is 0. The Morgan fingerprint density at radius 2 is 1.42 bits per heavy atom. The molecule has 3 heteroatoms. The molecule has 4 aromatic rings. The number of hydrogen-bond donors (Lipinski definition) is 0. The maximum Gasteiger partial charge on any atom is 0.119 e. The van der Waals surface area contributed by atoms with Crippen molar-refractivity contribution in [2.24, 2.45) is 0 Å². The van der Waals surface area contributed by atoms with Crippen LogP contribution in [-0.2, 0) is 21.7 Å². The molecule has 2 radical (unpaired) electrons. The number of benzene rings is 3. The van der Waals surface area contributed by atoms with E-state index in [0.29, 0.717) is 6.61 Å². The second-order valence-corrected chi connectivity index (χ2v) is 8.32. The summed E-state index contributed by atoms with van der Waals surface area (Å²) in [6.45, 7) is 9.02.